The molecule has 2 heterocycles. The summed E-state index contributed by atoms with van der Waals surface area (Å²) in [6.07, 6.45) is 0.937. The number of aryl methyl sites for hydroxylation is 2. The molecule has 0 saturated heterocycles. The van der Waals surface area contributed by atoms with Crippen molar-refractivity contribution in [1.29, 1.82) is 0 Å². The van der Waals surface area contributed by atoms with Crippen molar-refractivity contribution in [1.82, 2.24) is 15.1 Å². The van der Waals surface area contributed by atoms with E-state index in [9.17, 15) is 5.11 Å². The number of hydrogen-bond donors (Lipinski definition) is 2. The highest BCUT2D eigenvalue weighted by Gasteiger charge is 2.18. The second-order valence-electron chi connectivity index (χ2n) is 4.87. The summed E-state index contributed by atoms with van der Waals surface area (Å²) in [7, 11) is 1.94. The summed E-state index contributed by atoms with van der Waals surface area (Å²) < 4.78 is 7.06. The van der Waals surface area contributed by atoms with Gasteiger partial charge in [-0.05, 0) is 32.9 Å². The van der Waals surface area contributed by atoms with E-state index in [1.165, 1.54) is 5.56 Å². The summed E-state index contributed by atoms with van der Waals surface area (Å²) in [5.74, 6) is 0.583. The van der Waals surface area contributed by atoms with E-state index < -0.39 is 6.10 Å². The van der Waals surface area contributed by atoms with Gasteiger partial charge in [0.05, 0.1) is 12.0 Å². The number of hydrogen-bond acceptors (Lipinski definition) is 4. The van der Waals surface area contributed by atoms with Crippen LogP contribution in [0.25, 0.3) is 0 Å². The van der Waals surface area contributed by atoms with Crippen LogP contribution in [-0.2, 0) is 7.05 Å². The Balaban J connectivity index is 2.00. The summed E-state index contributed by atoms with van der Waals surface area (Å²) in [5, 5.41) is 17.7. The first-order valence-electron chi connectivity index (χ1n) is 6.45. The predicted octanol–water partition coefficient (Wildman–Crippen LogP) is 2.01. The van der Waals surface area contributed by atoms with Crippen LogP contribution in [0.3, 0.4) is 0 Å². The third-order valence-corrected chi connectivity index (χ3v) is 3.49. The van der Waals surface area contributed by atoms with Crippen molar-refractivity contribution < 1.29 is 9.52 Å². The smallest absolute Gasteiger partial charge is 0.133 e. The largest absolute Gasteiger partial charge is 0.467 e. The summed E-state index contributed by atoms with van der Waals surface area (Å²) in [5.41, 5.74) is 3.35. The van der Waals surface area contributed by atoms with Crippen molar-refractivity contribution in [2.45, 2.75) is 32.9 Å². The molecular weight excluding hydrogens is 242 g/mol. The van der Waals surface area contributed by atoms with Gasteiger partial charge in [0.2, 0.25) is 0 Å². The Morgan fingerprint density at radius 2 is 2.21 bits per heavy atom. The summed E-state index contributed by atoms with van der Waals surface area (Å²) >= 11 is 0. The van der Waals surface area contributed by atoms with Crippen molar-refractivity contribution >= 4 is 0 Å². The van der Waals surface area contributed by atoms with E-state index >= 15 is 0 Å². The van der Waals surface area contributed by atoms with Gasteiger partial charge in [0.25, 0.3) is 0 Å². The van der Waals surface area contributed by atoms with Crippen molar-refractivity contribution in [3.05, 3.63) is 41.1 Å². The highest BCUT2D eigenvalue weighted by atomic mass is 16.4. The van der Waals surface area contributed by atoms with Crippen LogP contribution >= 0.6 is 0 Å². The van der Waals surface area contributed by atoms with E-state index in [1.807, 2.05) is 18.7 Å². The number of nitrogens with one attached hydrogen (secondary N) is 1. The Bertz CT molecular complexity index is 531. The third-order valence-electron chi connectivity index (χ3n) is 3.49. The standard InChI is InChI=1S/C14H21N3O2/c1-9(14-10(2)16-17(4)11(14)3)15-8-12(18)13-6-5-7-19-13/h5-7,9,12,15,18H,8H2,1-4H3. The second-order valence-corrected chi connectivity index (χ2v) is 4.87. The van der Waals surface area contributed by atoms with E-state index in [0.29, 0.717) is 12.3 Å². The first-order chi connectivity index (χ1) is 9.00. The lowest BCUT2D eigenvalue weighted by atomic mass is 10.1. The van der Waals surface area contributed by atoms with Gasteiger partial charge in [-0.2, -0.15) is 5.10 Å². The lowest BCUT2D eigenvalue weighted by molar-refractivity contribution is 0.144. The van der Waals surface area contributed by atoms with Crippen LogP contribution in [0.1, 0.15) is 41.8 Å². The summed E-state index contributed by atoms with van der Waals surface area (Å²) in [6, 6.07) is 3.69. The molecule has 0 fully saturated rings. The Morgan fingerprint density at radius 3 is 2.74 bits per heavy atom. The Hall–Kier alpha value is -1.59. The first kappa shape index (κ1) is 13.8. The number of nitrogens with zero attached hydrogens (tertiary/aromatic N) is 2. The lowest BCUT2D eigenvalue weighted by Crippen LogP contribution is -2.25. The molecule has 0 spiro atoms. The van der Waals surface area contributed by atoms with Crippen LogP contribution in [0.5, 0.6) is 0 Å². The topological polar surface area (TPSA) is 63.2 Å². The van der Waals surface area contributed by atoms with Gasteiger partial charge in [0, 0.05) is 30.9 Å². The zero-order chi connectivity index (χ0) is 14.0. The van der Waals surface area contributed by atoms with Crippen LogP contribution in [0, 0.1) is 13.8 Å². The zero-order valence-corrected chi connectivity index (χ0v) is 11.8. The van der Waals surface area contributed by atoms with E-state index in [0.717, 1.165) is 11.4 Å². The van der Waals surface area contributed by atoms with E-state index in [2.05, 4.69) is 24.3 Å². The Labute approximate surface area is 113 Å². The molecule has 0 saturated carbocycles. The fraction of sp³-hybridized carbons (Fsp3) is 0.500. The molecule has 19 heavy (non-hydrogen) atoms. The van der Waals surface area contributed by atoms with Gasteiger partial charge in [-0.15, -0.1) is 0 Å². The van der Waals surface area contributed by atoms with Gasteiger partial charge in [-0.3, -0.25) is 4.68 Å². The predicted molar refractivity (Wildman–Crippen MR) is 72.8 cm³/mol. The fourth-order valence-electron chi connectivity index (χ4n) is 2.39. The van der Waals surface area contributed by atoms with Gasteiger partial charge in [-0.1, -0.05) is 0 Å². The molecular formula is C14H21N3O2. The highest BCUT2D eigenvalue weighted by Crippen LogP contribution is 2.21. The van der Waals surface area contributed by atoms with Crippen LogP contribution in [0.4, 0.5) is 0 Å². The zero-order valence-electron chi connectivity index (χ0n) is 11.8. The minimum atomic E-state index is -0.630. The van der Waals surface area contributed by atoms with Gasteiger partial charge in [-0.25, -0.2) is 0 Å². The average Bonchev–Trinajstić information content (AvgIpc) is 2.96. The van der Waals surface area contributed by atoms with Gasteiger partial charge < -0.3 is 14.8 Å². The number of aromatic nitrogens is 2. The number of rotatable bonds is 5. The maximum absolute atomic E-state index is 9.97. The summed E-state index contributed by atoms with van der Waals surface area (Å²) in [4.78, 5) is 0. The maximum Gasteiger partial charge on any atom is 0.133 e. The van der Waals surface area contributed by atoms with Crippen LogP contribution in [0.2, 0.25) is 0 Å². The molecule has 2 aromatic heterocycles. The molecule has 2 rings (SSSR count). The maximum atomic E-state index is 9.97. The monoisotopic (exact) mass is 263 g/mol. The number of aliphatic hydroxyl groups excluding tert-OH is 1. The second kappa shape index (κ2) is 5.59. The molecule has 2 aromatic rings. The van der Waals surface area contributed by atoms with E-state index in [-0.39, 0.29) is 6.04 Å². The molecule has 2 N–H and O–H groups in total. The number of furan rings is 1. The molecule has 2 atom stereocenters. The molecule has 5 heteroatoms. The summed E-state index contributed by atoms with van der Waals surface area (Å²) in [6.45, 7) is 6.58. The molecule has 0 radical (unpaired) electrons. The Kier molecular flexibility index (Phi) is 4.07. The molecule has 0 amide bonds. The minimum Gasteiger partial charge on any atom is -0.467 e. The third kappa shape index (κ3) is 2.88. The van der Waals surface area contributed by atoms with Crippen molar-refractivity contribution in [3.63, 3.8) is 0 Å². The average molecular weight is 263 g/mol. The molecule has 0 aliphatic carbocycles. The van der Waals surface area contributed by atoms with Gasteiger partial charge >= 0.3 is 0 Å². The van der Waals surface area contributed by atoms with E-state index in [1.54, 1.807) is 18.4 Å². The van der Waals surface area contributed by atoms with E-state index in [4.69, 9.17) is 4.42 Å². The quantitative estimate of drug-likeness (QED) is 0.866. The first-order valence-corrected chi connectivity index (χ1v) is 6.45. The van der Waals surface area contributed by atoms with Crippen LogP contribution < -0.4 is 5.32 Å². The van der Waals surface area contributed by atoms with Crippen molar-refractivity contribution in [2.24, 2.45) is 7.05 Å². The molecule has 2 unspecified atom stereocenters. The van der Waals surface area contributed by atoms with Gasteiger partial charge in [0.15, 0.2) is 0 Å². The van der Waals surface area contributed by atoms with Crippen LogP contribution in [0.15, 0.2) is 22.8 Å². The minimum absolute atomic E-state index is 0.137. The molecule has 0 aliphatic heterocycles. The SMILES string of the molecule is Cc1nn(C)c(C)c1C(C)NCC(O)c1ccco1. The van der Waals surface area contributed by atoms with Crippen LogP contribution in [-0.4, -0.2) is 21.4 Å². The van der Waals surface area contributed by atoms with Crippen molar-refractivity contribution in [2.75, 3.05) is 6.54 Å². The molecule has 0 aliphatic rings. The molecule has 5 nitrogen and oxygen atoms in total. The lowest BCUT2D eigenvalue weighted by Gasteiger charge is -2.17. The van der Waals surface area contributed by atoms with Crippen molar-refractivity contribution in [3.8, 4) is 0 Å². The normalized spacial score (nSPS) is 14.6. The Morgan fingerprint density at radius 1 is 1.47 bits per heavy atom. The number of aliphatic hydroxyl groups is 1. The molecule has 104 valence electrons. The molecule has 0 bridgehead atoms. The highest BCUT2D eigenvalue weighted by molar-refractivity contribution is 5.27. The fourth-order valence-corrected chi connectivity index (χ4v) is 2.39. The molecule has 0 aromatic carbocycles. The van der Waals surface area contributed by atoms with Gasteiger partial charge in [0.1, 0.15) is 11.9 Å².